The zero-order valence-corrected chi connectivity index (χ0v) is 12.1. The van der Waals surface area contributed by atoms with Crippen molar-refractivity contribution in [2.24, 2.45) is 0 Å². The van der Waals surface area contributed by atoms with Crippen molar-refractivity contribution in [1.82, 2.24) is 0 Å². The van der Waals surface area contributed by atoms with E-state index in [0.29, 0.717) is 30.2 Å². The molecule has 0 aromatic heterocycles. The third-order valence-electron chi connectivity index (χ3n) is 3.04. The van der Waals surface area contributed by atoms with Crippen LogP contribution in [0.15, 0.2) is 36.4 Å². The first-order chi connectivity index (χ1) is 10.2. The van der Waals surface area contributed by atoms with Gasteiger partial charge < -0.3 is 25.0 Å². The fraction of sp³-hybridized carbons (Fsp3) is 0.250. The summed E-state index contributed by atoms with van der Waals surface area (Å²) in [6, 6.07) is 10.4. The van der Waals surface area contributed by atoms with E-state index < -0.39 is 0 Å². The third-order valence-corrected chi connectivity index (χ3v) is 3.04. The van der Waals surface area contributed by atoms with Crippen LogP contribution in [0.25, 0.3) is 0 Å². The molecule has 2 aromatic rings. The Bertz CT molecular complexity index is 613. The van der Waals surface area contributed by atoms with E-state index >= 15 is 0 Å². The van der Waals surface area contributed by atoms with E-state index in [4.69, 9.17) is 9.47 Å². The second-order valence-corrected chi connectivity index (χ2v) is 4.44. The molecule has 2 aromatic carbocycles. The number of hydrogen-bond acceptors (Lipinski definition) is 5. The predicted molar refractivity (Wildman–Crippen MR) is 81.3 cm³/mol. The molecule has 0 aliphatic rings. The lowest BCUT2D eigenvalue weighted by atomic mass is 10.2. The predicted octanol–water partition coefficient (Wildman–Crippen LogP) is 3.12. The van der Waals surface area contributed by atoms with E-state index in [0.717, 1.165) is 5.69 Å². The molecule has 0 saturated carbocycles. The van der Waals surface area contributed by atoms with Crippen molar-refractivity contribution >= 4 is 5.69 Å². The Morgan fingerprint density at radius 3 is 2.62 bits per heavy atom. The molecule has 5 nitrogen and oxygen atoms in total. The van der Waals surface area contributed by atoms with Crippen LogP contribution in [0.5, 0.6) is 23.0 Å². The van der Waals surface area contributed by atoms with Gasteiger partial charge in [0.25, 0.3) is 0 Å². The number of benzene rings is 2. The minimum absolute atomic E-state index is 0.108. The molecule has 21 heavy (non-hydrogen) atoms. The monoisotopic (exact) mass is 289 g/mol. The SMILES string of the molecule is CCOc1ccc(NCc2cccc(O)c2O)cc1OC. The topological polar surface area (TPSA) is 71.0 Å². The standard InChI is InChI=1S/C16H19NO4/c1-3-21-14-8-7-12(9-15(14)20-2)17-10-11-5-4-6-13(18)16(11)19/h4-9,17-19H,3,10H2,1-2H3. The highest BCUT2D eigenvalue weighted by atomic mass is 16.5. The quantitative estimate of drug-likeness (QED) is 0.713. The van der Waals surface area contributed by atoms with Crippen molar-refractivity contribution in [2.45, 2.75) is 13.5 Å². The summed E-state index contributed by atoms with van der Waals surface area (Å²) in [5, 5.41) is 22.4. The minimum Gasteiger partial charge on any atom is -0.504 e. The molecule has 0 unspecified atom stereocenters. The Kier molecular flexibility index (Phi) is 4.77. The van der Waals surface area contributed by atoms with E-state index in [-0.39, 0.29) is 11.5 Å². The number of aromatic hydroxyl groups is 2. The van der Waals surface area contributed by atoms with Crippen molar-refractivity contribution in [1.29, 1.82) is 0 Å². The highest BCUT2D eigenvalue weighted by molar-refractivity contribution is 5.55. The number of phenols is 2. The molecule has 0 aliphatic carbocycles. The number of ether oxygens (including phenoxy) is 2. The second kappa shape index (κ2) is 6.74. The van der Waals surface area contributed by atoms with Gasteiger partial charge >= 0.3 is 0 Å². The van der Waals surface area contributed by atoms with Crippen LogP contribution < -0.4 is 14.8 Å². The lowest BCUT2D eigenvalue weighted by molar-refractivity contribution is 0.311. The molecule has 5 heteroatoms. The molecule has 0 saturated heterocycles. The smallest absolute Gasteiger partial charge is 0.162 e. The van der Waals surface area contributed by atoms with Gasteiger partial charge in [0.15, 0.2) is 23.0 Å². The van der Waals surface area contributed by atoms with Crippen molar-refractivity contribution in [3.05, 3.63) is 42.0 Å². The lowest BCUT2D eigenvalue weighted by Crippen LogP contribution is -2.01. The van der Waals surface area contributed by atoms with Gasteiger partial charge in [-0.2, -0.15) is 0 Å². The fourth-order valence-corrected chi connectivity index (χ4v) is 1.97. The second-order valence-electron chi connectivity index (χ2n) is 4.44. The Balaban J connectivity index is 2.11. The summed E-state index contributed by atoms with van der Waals surface area (Å²) in [4.78, 5) is 0. The van der Waals surface area contributed by atoms with Crippen LogP contribution in [-0.2, 0) is 6.54 Å². The summed E-state index contributed by atoms with van der Waals surface area (Å²) < 4.78 is 10.7. The van der Waals surface area contributed by atoms with Gasteiger partial charge in [0.2, 0.25) is 0 Å². The molecule has 112 valence electrons. The van der Waals surface area contributed by atoms with Gasteiger partial charge in [-0.15, -0.1) is 0 Å². The zero-order chi connectivity index (χ0) is 15.2. The molecule has 0 radical (unpaired) electrons. The van der Waals surface area contributed by atoms with Crippen molar-refractivity contribution < 1.29 is 19.7 Å². The molecule has 0 fully saturated rings. The Morgan fingerprint density at radius 1 is 1.10 bits per heavy atom. The lowest BCUT2D eigenvalue weighted by Gasteiger charge is -2.13. The largest absolute Gasteiger partial charge is 0.504 e. The van der Waals surface area contributed by atoms with Gasteiger partial charge in [0, 0.05) is 23.9 Å². The minimum atomic E-state index is -0.126. The zero-order valence-electron chi connectivity index (χ0n) is 12.1. The molecule has 0 aliphatic heterocycles. The van der Waals surface area contributed by atoms with Crippen LogP contribution in [0.1, 0.15) is 12.5 Å². The first-order valence-electron chi connectivity index (χ1n) is 6.70. The van der Waals surface area contributed by atoms with Crippen molar-refractivity contribution in [2.75, 3.05) is 19.0 Å². The normalized spacial score (nSPS) is 10.2. The fourth-order valence-electron chi connectivity index (χ4n) is 1.97. The van der Waals surface area contributed by atoms with Crippen LogP contribution in [0, 0.1) is 0 Å². The van der Waals surface area contributed by atoms with Gasteiger partial charge in [-0.1, -0.05) is 12.1 Å². The highest BCUT2D eigenvalue weighted by Gasteiger charge is 2.08. The average Bonchev–Trinajstić information content (AvgIpc) is 2.50. The number of phenolic OH excluding ortho intramolecular Hbond substituents is 2. The number of anilines is 1. The number of nitrogens with one attached hydrogen (secondary N) is 1. The summed E-state index contributed by atoms with van der Waals surface area (Å²) in [5.74, 6) is 1.09. The van der Waals surface area contributed by atoms with Crippen LogP contribution in [0.2, 0.25) is 0 Å². The van der Waals surface area contributed by atoms with E-state index in [2.05, 4.69) is 5.32 Å². The maximum atomic E-state index is 9.76. The van der Waals surface area contributed by atoms with Gasteiger partial charge in [0.1, 0.15) is 0 Å². The first-order valence-corrected chi connectivity index (χ1v) is 6.70. The number of methoxy groups -OCH3 is 1. The van der Waals surface area contributed by atoms with Gasteiger partial charge in [0.05, 0.1) is 13.7 Å². The van der Waals surface area contributed by atoms with Crippen LogP contribution in [0.4, 0.5) is 5.69 Å². The average molecular weight is 289 g/mol. The molecule has 0 bridgehead atoms. The van der Waals surface area contributed by atoms with Gasteiger partial charge in [-0.3, -0.25) is 0 Å². The van der Waals surface area contributed by atoms with E-state index in [1.165, 1.54) is 6.07 Å². The summed E-state index contributed by atoms with van der Waals surface area (Å²) in [7, 11) is 1.59. The van der Waals surface area contributed by atoms with Crippen LogP contribution in [-0.4, -0.2) is 23.9 Å². The summed E-state index contributed by atoms with van der Waals surface area (Å²) in [6.07, 6.45) is 0. The molecule has 0 heterocycles. The van der Waals surface area contributed by atoms with Crippen molar-refractivity contribution in [3.8, 4) is 23.0 Å². The van der Waals surface area contributed by atoms with Crippen LogP contribution >= 0.6 is 0 Å². The Labute approximate surface area is 123 Å². The van der Waals surface area contributed by atoms with Gasteiger partial charge in [-0.05, 0) is 25.1 Å². The number of para-hydroxylation sites is 1. The van der Waals surface area contributed by atoms with E-state index in [1.807, 2.05) is 25.1 Å². The number of hydrogen-bond donors (Lipinski definition) is 3. The first kappa shape index (κ1) is 14.8. The molecular weight excluding hydrogens is 270 g/mol. The van der Waals surface area contributed by atoms with Gasteiger partial charge in [-0.25, -0.2) is 0 Å². The molecule has 3 N–H and O–H groups in total. The highest BCUT2D eigenvalue weighted by Crippen LogP contribution is 2.32. The number of rotatable bonds is 6. The van der Waals surface area contributed by atoms with E-state index in [1.54, 1.807) is 19.2 Å². The molecule has 0 spiro atoms. The summed E-state index contributed by atoms with van der Waals surface area (Å²) in [5.41, 5.74) is 1.45. The Morgan fingerprint density at radius 2 is 1.90 bits per heavy atom. The molecular formula is C16H19NO4. The molecule has 2 rings (SSSR count). The molecule has 0 atom stereocenters. The maximum Gasteiger partial charge on any atom is 0.162 e. The van der Waals surface area contributed by atoms with Crippen LogP contribution in [0.3, 0.4) is 0 Å². The Hall–Kier alpha value is -2.56. The molecule has 0 amide bonds. The third kappa shape index (κ3) is 3.51. The summed E-state index contributed by atoms with van der Waals surface area (Å²) >= 11 is 0. The van der Waals surface area contributed by atoms with E-state index in [9.17, 15) is 10.2 Å². The maximum absolute atomic E-state index is 9.76. The summed E-state index contributed by atoms with van der Waals surface area (Å²) in [6.45, 7) is 2.87. The van der Waals surface area contributed by atoms with Crippen molar-refractivity contribution in [3.63, 3.8) is 0 Å².